The van der Waals surface area contributed by atoms with Crippen LogP contribution in [0.3, 0.4) is 0 Å². The van der Waals surface area contributed by atoms with Crippen molar-refractivity contribution in [1.29, 1.82) is 0 Å². The molecule has 1 amide bonds. The number of aliphatic carboxylic acids is 1. The first kappa shape index (κ1) is 21.3. The Morgan fingerprint density at radius 3 is 2.52 bits per heavy atom. The minimum Gasteiger partial charge on any atom is -0.481 e. The number of ether oxygens (including phenoxy) is 1. The van der Waals surface area contributed by atoms with E-state index in [-0.39, 0.29) is 23.8 Å². The smallest absolute Gasteiger partial charge is 0.342 e. The maximum atomic E-state index is 13.2. The van der Waals surface area contributed by atoms with Crippen LogP contribution >= 0.6 is 11.3 Å². The number of carboxylic acids is 1. The molecule has 1 aromatic heterocycles. The van der Waals surface area contributed by atoms with Gasteiger partial charge in [0.05, 0.1) is 17.9 Å². The summed E-state index contributed by atoms with van der Waals surface area (Å²) in [5, 5.41) is 14.7. The molecule has 162 valence electrons. The molecule has 1 heterocycles. The van der Waals surface area contributed by atoms with Gasteiger partial charge in [-0.15, -0.1) is 11.3 Å². The zero-order valence-electron chi connectivity index (χ0n) is 17.6. The van der Waals surface area contributed by atoms with Crippen LogP contribution in [0.15, 0.2) is 41.8 Å². The zero-order valence-corrected chi connectivity index (χ0v) is 18.4. The highest BCUT2D eigenvalue weighted by Gasteiger charge is 2.51. The molecular formula is C24H25NO5S. The van der Waals surface area contributed by atoms with Crippen molar-refractivity contribution >= 4 is 34.2 Å². The number of amides is 1. The molecule has 1 fully saturated rings. The number of carbonyl (C=O) groups excluding carboxylic acids is 2. The van der Waals surface area contributed by atoms with Gasteiger partial charge in [-0.1, -0.05) is 42.0 Å². The Morgan fingerprint density at radius 2 is 1.87 bits per heavy atom. The third-order valence-electron chi connectivity index (χ3n) is 5.95. The van der Waals surface area contributed by atoms with Crippen molar-refractivity contribution in [3.8, 4) is 11.1 Å². The number of hydrogen-bond donors (Lipinski definition) is 2. The average molecular weight is 440 g/mol. The van der Waals surface area contributed by atoms with Crippen LogP contribution in [0.25, 0.3) is 11.1 Å². The highest BCUT2D eigenvalue weighted by molar-refractivity contribution is 7.15. The second-order valence-electron chi connectivity index (χ2n) is 8.50. The molecule has 1 saturated carbocycles. The molecule has 31 heavy (non-hydrogen) atoms. The summed E-state index contributed by atoms with van der Waals surface area (Å²) in [5.74, 6) is -3.42. The van der Waals surface area contributed by atoms with E-state index in [1.807, 2.05) is 48.7 Å². The minimum absolute atomic E-state index is 0.0895. The summed E-state index contributed by atoms with van der Waals surface area (Å²) in [5.41, 5.74) is 2.91. The van der Waals surface area contributed by atoms with Crippen molar-refractivity contribution in [1.82, 2.24) is 0 Å². The van der Waals surface area contributed by atoms with E-state index in [2.05, 4.69) is 5.32 Å². The first-order valence-corrected chi connectivity index (χ1v) is 11.3. The summed E-state index contributed by atoms with van der Waals surface area (Å²) in [6, 6.07) is 7.77. The molecule has 6 nitrogen and oxygen atoms in total. The van der Waals surface area contributed by atoms with Crippen LogP contribution in [-0.2, 0) is 14.3 Å². The molecule has 7 heteroatoms. The minimum atomic E-state index is -0.955. The number of hydrogen-bond acceptors (Lipinski definition) is 5. The fraction of sp³-hybridized carbons (Fsp3) is 0.375. The number of benzene rings is 1. The van der Waals surface area contributed by atoms with E-state index in [9.17, 15) is 19.5 Å². The number of anilines is 1. The summed E-state index contributed by atoms with van der Waals surface area (Å²) in [6.45, 7) is 5.52. The van der Waals surface area contributed by atoms with Gasteiger partial charge in [0, 0.05) is 10.9 Å². The third-order valence-corrected chi connectivity index (χ3v) is 6.85. The number of allylic oxidation sites excluding steroid dienone is 2. The van der Waals surface area contributed by atoms with Gasteiger partial charge in [0.25, 0.3) is 0 Å². The molecule has 2 aromatic rings. The van der Waals surface area contributed by atoms with Crippen molar-refractivity contribution in [2.45, 2.75) is 33.3 Å². The predicted molar refractivity (Wildman–Crippen MR) is 119 cm³/mol. The zero-order chi connectivity index (χ0) is 22.3. The molecule has 0 radical (unpaired) electrons. The van der Waals surface area contributed by atoms with Crippen molar-refractivity contribution in [2.24, 2.45) is 23.7 Å². The van der Waals surface area contributed by atoms with E-state index < -0.39 is 23.8 Å². The van der Waals surface area contributed by atoms with Gasteiger partial charge in [0.1, 0.15) is 10.6 Å². The van der Waals surface area contributed by atoms with Gasteiger partial charge >= 0.3 is 11.9 Å². The summed E-state index contributed by atoms with van der Waals surface area (Å²) in [7, 11) is 0. The Hall–Kier alpha value is -2.93. The van der Waals surface area contributed by atoms with Crippen LogP contribution < -0.4 is 5.32 Å². The van der Waals surface area contributed by atoms with Crippen molar-refractivity contribution < 1.29 is 24.2 Å². The van der Waals surface area contributed by atoms with E-state index in [1.54, 1.807) is 13.8 Å². The summed E-state index contributed by atoms with van der Waals surface area (Å²) >= 11 is 1.25. The molecule has 0 saturated heterocycles. The van der Waals surface area contributed by atoms with Crippen LogP contribution in [0.5, 0.6) is 0 Å². The monoisotopic (exact) mass is 439 g/mol. The molecule has 2 aliphatic rings. The highest BCUT2D eigenvalue weighted by Crippen LogP contribution is 2.49. The van der Waals surface area contributed by atoms with Crippen LogP contribution in [0.1, 0.15) is 36.2 Å². The number of aryl methyl sites for hydroxylation is 1. The Morgan fingerprint density at radius 1 is 1.16 bits per heavy atom. The van der Waals surface area contributed by atoms with Gasteiger partial charge < -0.3 is 15.2 Å². The highest BCUT2D eigenvalue weighted by atomic mass is 32.1. The number of fused-ring (bicyclic) bond motifs is 2. The maximum Gasteiger partial charge on any atom is 0.342 e. The van der Waals surface area contributed by atoms with Gasteiger partial charge in [-0.2, -0.15) is 0 Å². The second kappa shape index (κ2) is 8.30. The summed E-state index contributed by atoms with van der Waals surface area (Å²) in [4.78, 5) is 37.9. The third kappa shape index (κ3) is 4.02. The number of rotatable bonds is 6. The van der Waals surface area contributed by atoms with Crippen LogP contribution in [0, 0.1) is 30.6 Å². The number of carbonyl (C=O) groups is 3. The van der Waals surface area contributed by atoms with Gasteiger partial charge in [0.2, 0.25) is 5.91 Å². The molecule has 4 rings (SSSR count). The number of nitrogens with one attached hydrogen (secondary N) is 1. The number of thiophene rings is 1. The quantitative estimate of drug-likeness (QED) is 0.500. The first-order valence-electron chi connectivity index (χ1n) is 10.4. The second-order valence-corrected chi connectivity index (χ2v) is 9.38. The molecule has 1 aromatic carbocycles. The molecule has 2 N–H and O–H groups in total. The molecule has 0 unspecified atom stereocenters. The standard InChI is InChI=1S/C24H25NO5S/c1-12(2)30-24(29)20-17(14-6-4-5-13(3)9-14)11-31-22(20)25-21(26)18-15-7-8-16(10-15)19(18)23(27)28/h4-9,11-12,15-16,18-19H,10H2,1-3H3,(H,25,26)(H,27,28)/t15-,16-,18+,19-/m0/s1. The summed E-state index contributed by atoms with van der Waals surface area (Å²) < 4.78 is 5.45. The van der Waals surface area contributed by atoms with Crippen LogP contribution in [-0.4, -0.2) is 29.1 Å². The van der Waals surface area contributed by atoms with E-state index in [4.69, 9.17) is 4.74 Å². The lowest BCUT2D eigenvalue weighted by Gasteiger charge is -2.23. The molecule has 0 aliphatic heterocycles. The normalized spacial score (nSPS) is 23.9. The summed E-state index contributed by atoms with van der Waals surface area (Å²) in [6.07, 6.45) is 4.21. The molecule has 2 aliphatic carbocycles. The van der Waals surface area contributed by atoms with E-state index in [0.29, 0.717) is 22.5 Å². The maximum absolute atomic E-state index is 13.2. The van der Waals surface area contributed by atoms with E-state index in [1.165, 1.54) is 11.3 Å². The number of carboxylic acid groups (broad SMARTS) is 1. The predicted octanol–water partition coefficient (Wildman–Crippen LogP) is 4.75. The van der Waals surface area contributed by atoms with E-state index >= 15 is 0 Å². The number of esters is 1. The molecule has 2 bridgehead atoms. The van der Waals surface area contributed by atoms with E-state index in [0.717, 1.165) is 11.1 Å². The largest absolute Gasteiger partial charge is 0.481 e. The van der Waals surface area contributed by atoms with Crippen LogP contribution in [0.2, 0.25) is 0 Å². The van der Waals surface area contributed by atoms with Gasteiger partial charge in [-0.3, -0.25) is 9.59 Å². The lowest BCUT2D eigenvalue weighted by molar-refractivity contribution is -0.146. The van der Waals surface area contributed by atoms with Gasteiger partial charge in [-0.25, -0.2) is 4.79 Å². The molecular weight excluding hydrogens is 414 g/mol. The van der Waals surface area contributed by atoms with Gasteiger partial charge in [0.15, 0.2) is 0 Å². The fourth-order valence-corrected chi connectivity index (χ4v) is 5.62. The molecule has 0 spiro atoms. The van der Waals surface area contributed by atoms with Crippen LogP contribution in [0.4, 0.5) is 5.00 Å². The lowest BCUT2D eigenvalue weighted by atomic mass is 9.82. The lowest BCUT2D eigenvalue weighted by Crippen LogP contribution is -2.36. The van der Waals surface area contributed by atoms with Crippen molar-refractivity contribution in [3.05, 3.63) is 52.9 Å². The SMILES string of the molecule is Cc1cccc(-c2csc(NC(=O)[C@H]3[C@@H](C(=O)O)[C@H]4C=C[C@H]3C4)c2C(=O)OC(C)C)c1. The van der Waals surface area contributed by atoms with Gasteiger partial charge in [-0.05, 0) is 44.6 Å². The Balaban J connectivity index is 1.68. The topological polar surface area (TPSA) is 92.7 Å². The fourth-order valence-electron chi connectivity index (χ4n) is 4.66. The van der Waals surface area contributed by atoms with Crippen molar-refractivity contribution in [2.75, 3.05) is 5.32 Å². The average Bonchev–Trinajstić information content (AvgIpc) is 3.41. The van der Waals surface area contributed by atoms with Crippen molar-refractivity contribution in [3.63, 3.8) is 0 Å². The molecule has 4 atom stereocenters. The first-order chi connectivity index (χ1) is 14.8. The Kier molecular flexibility index (Phi) is 5.71. The Bertz CT molecular complexity index is 1070. The Labute approximate surface area is 184 Å².